The summed E-state index contributed by atoms with van der Waals surface area (Å²) in [7, 11) is 2.05. The lowest BCUT2D eigenvalue weighted by molar-refractivity contribution is 0.0775. The largest absolute Gasteiger partial charge is 0.392 e. The molecule has 0 aromatic rings. The first-order valence-electron chi connectivity index (χ1n) is 7.35. The van der Waals surface area contributed by atoms with Gasteiger partial charge in [0, 0.05) is 12.6 Å². The summed E-state index contributed by atoms with van der Waals surface area (Å²) in [5.41, 5.74) is 0. The Morgan fingerprint density at radius 3 is 2.41 bits per heavy atom. The first kappa shape index (κ1) is 13.3. The first-order chi connectivity index (χ1) is 8.28. The SMILES string of the molecule is CNC1CCN(CC(O)CC2CCCC2)CC1. The fourth-order valence-corrected chi connectivity index (χ4v) is 3.41. The van der Waals surface area contributed by atoms with Crippen LogP contribution in [0, 0.1) is 5.92 Å². The molecule has 17 heavy (non-hydrogen) atoms. The van der Waals surface area contributed by atoms with Crippen molar-refractivity contribution in [1.82, 2.24) is 10.2 Å². The zero-order chi connectivity index (χ0) is 12.1. The average molecular weight is 240 g/mol. The Balaban J connectivity index is 1.63. The van der Waals surface area contributed by atoms with Crippen LogP contribution in [-0.2, 0) is 0 Å². The molecule has 0 aromatic carbocycles. The fourth-order valence-electron chi connectivity index (χ4n) is 3.41. The van der Waals surface area contributed by atoms with Crippen LogP contribution in [0.1, 0.15) is 44.9 Å². The molecule has 2 rings (SSSR count). The molecule has 1 aliphatic carbocycles. The standard InChI is InChI=1S/C14H28N2O/c1-15-13-6-8-16(9-7-13)11-14(17)10-12-4-2-3-5-12/h12-15,17H,2-11H2,1H3. The molecule has 1 heterocycles. The van der Waals surface area contributed by atoms with E-state index in [2.05, 4.69) is 17.3 Å². The Labute approximate surface area is 106 Å². The lowest BCUT2D eigenvalue weighted by Crippen LogP contribution is -2.44. The highest BCUT2D eigenvalue weighted by atomic mass is 16.3. The maximum absolute atomic E-state index is 10.1. The van der Waals surface area contributed by atoms with Gasteiger partial charge in [0.2, 0.25) is 0 Å². The zero-order valence-corrected chi connectivity index (χ0v) is 11.2. The summed E-state index contributed by atoms with van der Waals surface area (Å²) in [6.07, 6.45) is 8.85. The second kappa shape index (κ2) is 6.72. The van der Waals surface area contributed by atoms with Crippen molar-refractivity contribution in [2.45, 2.75) is 57.1 Å². The van der Waals surface area contributed by atoms with Gasteiger partial charge in [-0.25, -0.2) is 0 Å². The third-order valence-electron chi connectivity index (χ3n) is 4.54. The Morgan fingerprint density at radius 1 is 1.18 bits per heavy atom. The lowest BCUT2D eigenvalue weighted by atomic mass is 9.98. The maximum atomic E-state index is 10.1. The lowest BCUT2D eigenvalue weighted by Gasteiger charge is -2.33. The Kier molecular flexibility index (Phi) is 5.26. The van der Waals surface area contributed by atoms with Gasteiger partial charge in [0.15, 0.2) is 0 Å². The van der Waals surface area contributed by atoms with Gasteiger partial charge in [-0.2, -0.15) is 0 Å². The number of aliphatic hydroxyl groups is 1. The third kappa shape index (κ3) is 4.23. The molecule has 3 nitrogen and oxygen atoms in total. The number of β-amino-alcohol motifs (C(OH)–C–C–N with tert-alkyl or cyclic N) is 1. The van der Waals surface area contributed by atoms with E-state index in [9.17, 15) is 5.11 Å². The van der Waals surface area contributed by atoms with Crippen LogP contribution < -0.4 is 5.32 Å². The van der Waals surface area contributed by atoms with Gasteiger partial charge < -0.3 is 15.3 Å². The van der Waals surface area contributed by atoms with Gasteiger partial charge in [0.25, 0.3) is 0 Å². The Bertz CT molecular complexity index is 208. The van der Waals surface area contributed by atoms with Gasteiger partial charge in [-0.15, -0.1) is 0 Å². The van der Waals surface area contributed by atoms with Gasteiger partial charge in [-0.05, 0) is 45.3 Å². The normalized spacial score (nSPS) is 26.5. The molecule has 0 amide bonds. The molecule has 3 heteroatoms. The number of piperidine rings is 1. The number of rotatable bonds is 5. The molecular weight excluding hydrogens is 212 g/mol. The van der Waals surface area contributed by atoms with Crippen molar-refractivity contribution in [3.05, 3.63) is 0 Å². The van der Waals surface area contributed by atoms with Crippen molar-refractivity contribution in [2.24, 2.45) is 5.92 Å². The molecule has 100 valence electrons. The quantitative estimate of drug-likeness (QED) is 0.766. The number of nitrogens with zero attached hydrogens (tertiary/aromatic N) is 1. The van der Waals surface area contributed by atoms with Gasteiger partial charge in [-0.1, -0.05) is 25.7 Å². The molecule has 1 saturated carbocycles. The summed E-state index contributed by atoms with van der Waals surface area (Å²) in [5, 5.41) is 13.5. The van der Waals surface area contributed by atoms with E-state index in [1.54, 1.807) is 0 Å². The van der Waals surface area contributed by atoms with Crippen LogP contribution in [0.15, 0.2) is 0 Å². The second-order valence-corrected chi connectivity index (χ2v) is 5.90. The minimum atomic E-state index is -0.0933. The number of hydrogen-bond acceptors (Lipinski definition) is 3. The number of likely N-dealkylation sites (tertiary alicyclic amines) is 1. The van der Waals surface area contributed by atoms with Crippen LogP contribution in [0.2, 0.25) is 0 Å². The van der Waals surface area contributed by atoms with E-state index >= 15 is 0 Å². The molecule has 0 radical (unpaired) electrons. The highest BCUT2D eigenvalue weighted by molar-refractivity contribution is 4.79. The minimum Gasteiger partial charge on any atom is -0.392 e. The number of aliphatic hydroxyl groups excluding tert-OH is 1. The summed E-state index contributed by atoms with van der Waals surface area (Å²) >= 11 is 0. The van der Waals surface area contributed by atoms with Crippen LogP contribution in [0.3, 0.4) is 0 Å². The van der Waals surface area contributed by atoms with E-state index in [4.69, 9.17) is 0 Å². The van der Waals surface area contributed by atoms with Crippen molar-refractivity contribution >= 4 is 0 Å². The first-order valence-corrected chi connectivity index (χ1v) is 7.35. The van der Waals surface area contributed by atoms with Crippen molar-refractivity contribution < 1.29 is 5.11 Å². The van der Waals surface area contributed by atoms with Crippen LogP contribution in [0.5, 0.6) is 0 Å². The molecule has 2 N–H and O–H groups in total. The second-order valence-electron chi connectivity index (χ2n) is 5.90. The molecule has 2 fully saturated rings. The van der Waals surface area contributed by atoms with E-state index < -0.39 is 0 Å². The molecule has 2 aliphatic rings. The van der Waals surface area contributed by atoms with Gasteiger partial charge in [0.05, 0.1) is 6.10 Å². The molecule has 0 spiro atoms. The van der Waals surface area contributed by atoms with Crippen LogP contribution in [-0.4, -0.2) is 48.8 Å². The predicted octanol–water partition coefficient (Wildman–Crippen LogP) is 1.61. The van der Waals surface area contributed by atoms with Crippen LogP contribution >= 0.6 is 0 Å². The van der Waals surface area contributed by atoms with Crippen LogP contribution in [0.4, 0.5) is 0 Å². The smallest absolute Gasteiger partial charge is 0.0669 e. The average Bonchev–Trinajstić information content (AvgIpc) is 2.82. The van der Waals surface area contributed by atoms with Gasteiger partial charge >= 0.3 is 0 Å². The van der Waals surface area contributed by atoms with E-state index in [0.29, 0.717) is 6.04 Å². The molecule has 0 bridgehead atoms. The van der Waals surface area contributed by atoms with E-state index in [1.165, 1.54) is 38.5 Å². The topological polar surface area (TPSA) is 35.5 Å². The highest BCUT2D eigenvalue weighted by Crippen LogP contribution is 2.28. The van der Waals surface area contributed by atoms with Crippen molar-refractivity contribution in [3.8, 4) is 0 Å². The highest BCUT2D eigenvalue weighted by Gasteiger charge is 2.23. The van der Waals surface area contributed by atoms with Gasteiger partial charge in [-0.3, -0.25) is 0 Å². The summed E-state index contributed by atoms with van der Waals surface area (Å²) in [5.74, 6) is 0.805. The summed E-state index contributed by atoms with van der Waals surface area (Å²) in [6, 6.07) is 0.693. The zero-order valence-electron chi connectivity index (χ0n) is 11.2. The third-order valence-corrected chi connectivity index (χ3v) is 4.54. The van der Waals surface area contributed by atoms with Crippen molar-refractivity contribution in [3.63, 3.8) is 0 Å². The fraction of sp³-hybridized carbons (Fsp3) is 1.00. The summed E-state index contributed by atoms with van der Waals surface area (Å²) < 4.78 is 0. The minimum absolute atomic E-state index is 0.0933. The van der Waals surface area contributed by atoms with E-state index in [-0.39, 0.29) is 6.10 Å². The Morgan fingerprint density at radius 2 is 1.82 bits per heavy atom. The molecular formula is C14H28N2O. The Hall–Kier alpha value is -0.120. The molecule has 1 aliphatic heterocycles. The van der Waals surface area contributed by atoms with Gasteiger partial charge in [0.1, 0.15) is 0 Å². The van der Waals surface area contributed by atoms with E-state index in [1.807, 2.05) is 0 Å². The van der Waals surface area contributed by atoms with Crippen LogP contribution in [0.25, 0.3) is 0 Å². The number of hydrogen-bond donors (Lipinski definition) is 2. The summed E-state index contributed by atoms with van der Waals surface area (Å²) in [6.45, 7) is 3.19. The molecule has 0 aromatic heterocycles. The van der Waals surface area contributed by atoms with Crippen molar-refractivity contribution in [1.29, 1.82) is 0 Å². The molecule has 1 unspecified atom stereocenters. The predicted molar refractivity (Wildman–Crippen MR) is 71.1 cm³/mol. The molecule has 1 atom stereocenters. The molecule has 1 saturated heterocycles. The van der Waals surface area contributed by atoms with E-state index in [0.717, 1.165) is 32.0 Å². The maximum Gasteiger partial charge on any atom is 0.0669 e. The number of nitrogens with one attached hydrogen (secondary N) is 1. The monoisotopic (exact) mass is 240 g/mol. The summed E-state index contributed by atoms with van der Waals surface area (Å²) in [4.78, 5) is 2.44. The van der Waals surface area contributed by atoms with Crippen molar-refractivity contribution in [2.75, 3.05) is 26.7 Å².